The topological polar surface area (TPSA) is 9.23 Å². The van der Waals surface area contributed by atoms with Crippen molar-refractivity contribution < 1.29 is 9.13 Å². The molecule has 1 rings (SSSR count). The Kier molecular flexibility index (Phi) is 3.74. The Morgan fingerprint density at radius 1 is 1.31 bits per heavy atom. The van der Waals surface area contributed by atoms with Crippen molar-refractivity contribution in [3.05, 3.63) is 42.2 Å². The van der Waals surface area contributed by atoms with Crippen molar-refractivity contribution in [2.75, 3.05) is 0 Å². The Bertz CT molecular complexity index is 377. The number of hydrogen-bond donors (Lipinski definition) is 0. The van der Waals surface area contributed by atoms with Crippen LogP contribution < -0.4 is 4.74 Å². The third-order valence-corrected chi connectivity index (χ3v) is 2.20. The molecule has 0 heterocycles. The van der Waals surface area contributed by atoms with Gasteiger partial charge in [0.2, 0.25) is 0 Å². The molecule has 1 aromatic carbocycles. The number of benzene rings is 1. The van der Waals surface area contributed by atoms with Gasteiger partial charge in [-0.3, -0.25) is 0 Å². The molecule has 0 aromatic heterocycles. The predicted octanol–water partition coefficient (Wildman–Crippen LogP) is 4.29. The number of ether oxygens (including phenoxy) is 1. The number of rotatable bonds is 3. The molecule has 0 fully saturated rings. The fourth-order valence-electron chi connectivity index (χ4n) is 1.40. The van der Waals surface area contributed by atoms with Gasteiger partial charge in [0.15, 0.2) is 0 Å². The van der Waals surface area contributed by atoms with Crippen LogP contribution in [0, 0.1) is 5.82 Å². The predicted molar refractivity (Wildman–Crippen MR) is 65.4 cm³/mol. The first-order valence-corrected chi connectivity index (χ1v) is 5.44. The van der Waals surface area contributed by atoms with Gasteiger partial charge >= 0.3 is 0 Å². The molecule has 0 aliphatic rings. The van der Waals surface area contributed by atoms with Crippen LogP contribution >= 0.6 is 0 Å². The van der Waals surface area contributed by atoms with Gasteiger partial charge in [-0.15, -0.1) is 6.58 Å². The number of halogens is 1. The Hall–Kier alpha value is -1.31. The summed E-state index contributed by atoms with van der Waals surface area (Å²) in [6, 6.07) is 4.78. The van der Waals surface area contributed by atoms with Crippen molar-refractivity contribution >= 4 is 0 Å². The van der Waals surface area contributed by atoms with Crippen LogP contribution in [0.3, 0.4) is 0 Å². The van der Waals surface area contributed by atoms with Crippen LogP contribution in [-0.2, 0) is 0 Å². The SMILES string of the molecule is C=CC(C)c1cc(F)cc(OC(C)(C)C)c1. The normalized spacial score (nSPS) is 13.3. The van der Waals surface area contributed by atoms with E-state index in [0.29, 0.717) is 5.75 Å². The molecule has 0 saturated heterocycles. The zero-order valence-electron chi connectivity index (χ0n) is 10.4. The Labute approximate surface area is 96.9 Å². The first-order valence-electron chi connectivity index (χ1n) is 5.44. The van der Waals surface area contributed by atoms with E-state index < -0.39 is 0 Å². The summed E-state index contributed by atoms with van der Waals surface area (Å²) in [6.45, 7) is 11.5. The van der Waals surface area contributed by atoms with E-state index in [4.69, 9.17) is 4.74 Å². The van der Waals surface area contributed by atoms with Gasteiger partial charge in [0.1, 0.15) is 17.2 Å². The van der Waals surface area contributed by atoms with Crippen molar-refractivity contribution in [2.24, 2.45) is 0 Å². The van der Waals surface area contributed by atoms with E-state index in [2.05, 4.69) is 6.58 Å². The molecule has 16 heavy (non-hydrogen) atoms. The highest BCUT2D eigenvalue weighted by atomic mass is 19.1. The maximum Gasteiger partial charge on any atom is 0.127 e. The van der Waals surface area contributed by atoms with Crippen LogP contribution in [0.5, 0.6) is 5.75 Å². The third-order valence-electron chi connectivity index (χ3n) is 2.20. The van der Waals surface area contributed by atoms with Crippen molar-refractivity contribution in [3.63, 3.8) is 0 Å². The average Bonchev–Trinajstić information content (AvgIpc) is 2.12. The molecule has 1 aromatic rings. The van der Waals surface area contributed by atoms with Crippen LogP contribution in [0.4, 0.5) is 4.39 Å². The summed E-state index contributed by atoms with van der Waals surface area (Å²) in [5.74, 6) is 0.416. The fourth-order valence-corrected chi connectivity index (χ4v) is 1.40. The maximum atomic E-state index is 13.4. The van der Waals surface area contributed by atoms with Gasteiger partial charge in [-0.05, 0) is 44.4 Å². The summed E-state index contributed by atoms with van der Waals surface area (Å²) >= 11 is 0. The van der Waals surface area contributed by atoms with Crippen LogP contribution in [0.1, 0.15) is 39.2 Å². The lowest BCUT2D eigenvalue weighted by atomic mass is 10.0. The maximum absolute atomic E-state index is 13.4. The standard InChI is InChI=1S/C14H19FO/c1-6-10(2)11-7-12(15)9-13(8-11)16-14(3,4)5/h6-10H,1H2,2-5H3. The van der Waals surface area contributed by atoms with E-state index in [9.17, 15) is 4.39 Å². The fraction of sp³-hybridized carbons (Fsp3) is 0.429. The third kappa shape index (κ3) is 3.69. The molecule has 88 valence electrons. The highest BCUT2D eigenvalue weighted by molar-refractivity contribution is 5.33. The van der Waals surface area contributed by atoms with Crippen LogP contribution in [0.15, 0.2) is 30.9 Å². The second-order valence-corrected chi connectivity index (χ2v) is 4.96. The Balaban J connectivity index is 3.03. The zero-order valence-corrected chi connectivity index (χ0v) is 10.4. The lowest BCUT2D eigenvalue weighted by Gasteiger charge is -2.22. The van der Waals surface area contributed by atoms with Crippen molar-refractivity contribution in [1.82, 2.24) is 0 Å². The summed E-state index contributed by atoms with van der Waals surface area (Å²) in [4.78, 5) is 0. The van der Waals surface area contributed by atoms with Gasteiger partial charge in [0, 0.05) is 6.07 Å². The molecule has 0 radical (unpaired) electrons. The summed E-state index contributed by atoms with van der Waals surface area (Å²) in [5.41, 5.74) is 0.567. The van der Waals surface area contributed by atoms with Gasteiger partial charge in [-0.25, -0.2) is 4.39 Å². The molecule has 2 heteroatoms. The van der Waals surface area contributed by atoms with Crippen molar-refractivity contribution in [2.45, 2.75) is 39.2 Å². The first kappa shape index (κ1) is 12.8. The monoisotopic (exact) mass is 222 g/mol. The lowest BCUT2D eigenvalue weighted by molar-refractivity contribution is 0.130. The molecule has 0 aliphatic carbocycles. The second-order valence-electron chi connectivity index (χ2n) is 4.96. The summed E-state index contributed by atoms with van der Waals surface area (Å²) in [5, 5.41) is 0. The summed E-state index contributed by atoms with van der Waals surface area (Å²) in [7, 11) is 0. The van der Waals surface area contributed by atoms with E-state index >= 15 is 0 Å². The van der Waals surface area contributed by atoms with Crippen molar-refractivity contribution in [3.8, 4) is 5.75 Å². The van der Waals surface area contributed by atoms with E-state index in [1.807, 2.05) is 33.8 Å². The summed E-state index contributed by atoms with van der Waals surface area (Å²) in [6.07, 6.45) is 1.79. The van der Waals surface area contributed by atoms with Gasteiger partial charge in [-0.1, -0.05) is 13.0 Å². The number of allylic oxidation sites excluding steroid dienone is 1. The molecule has 0 bridgehead atoms. The molecule has 1 unspecified atom stereocenters. The molecule has 0 spiro atoms. The van der Waals surface area contributed by atoms with Crippen LogP contribution in [0.2, 0.25) is 0 Å². The Morgan fingerprint density at radius 2 is 1.94 bits per heavy atom. The van der Waals surface area contributed by atoms with Gasteiger partial charge in [0.25, 0.3) is 0 Å². The molecular weight excluding hydrogens is 203 g/mol. The molecular formula is C14H19FO. The highest BCUT2D eigenvalue weighted by Gasteiger charge is 2.14. The molecule has 1 atom stereocenters. The quantitative estimate of drug-likeness (QED) is 0.693. The van der Waals surface area contributed by atoms with E-state index in [1.165, 1.54) is 12.1 Å². The first-order chi connectivity index (χ1) is 7.31. The smallest absolute Gasteiger partial charge is 0.127 e. The minimum atomic E-state index is -0.317. The minimum Gasteiger partial charge on any atom is -0.488 e. The van der Waals surface area contributed by atoms with Gasteiger partial charge in [0.05, 0.1) is 0 Å². The molecule has 0 N–H and O–H groups in total. The molecule has 0 aliphatic heterocycles. The average molecular weight is 222 g/mol. The molecule has 0 amide bonds. The van der Waals surface area contributed by atoms with Gasteiger partial charge in [-0.2, -0.15) is 0 Å². The number of hydrogen-bond acceptors (Lipinski definition) is 1. The van der Waals surface area contributed by atoms with Gasteiger partial charge < -0.3 is 4.74 Å². The lowest BCUT2D eigenvalue weighted by Crippen LogP contribution is -2.23. The minimum absolute atomic E-state index is 0.123. The molecule has 0 saturated carbocycles. The highest BCUT2D eigenvalue weighted by Crippen LogP contribution is 2.25. The van der Waals surface area contributed by atoms with E-state index in [0.717, 1.165) is 5.56 Å². The zero-order chi connectivity index (χ0) is 12.3. The molecule has 1 nitrogen and oxygen atoms in total. The van der Waals surface area contributed by atoms with E-state index in [1.54, 1.807) is 6.08 Å². The van der Waals surface area contributed by atoms with E-state index in [-0.39, 0.29) is 17.3 Å². The summed E-state index contributed by atoms with van der Waals surface area (Å²) < 4.78 is 19.0. The van der Waals surface area contributed by atoms with Crippen molar-refractivity contribution in [1.29, 1.82) is 0 Å². The second kappa shape index (κ2) is 4.69. The van der Waals surface area contributed by atoms with Crippen LogP contribution in [0.25, 0.3) is 0 Å². The largest absolute Gasteiger partial charge is 0.488 e. The Morgan fingerprint density at radius 3 is 2.44 bits per heavy atom. The van der Waals surface area contributed by atoms with Crippen LogP contribution in [-0.4, -0.2) is 5.60 Å².